The van der Waals surface area contributed by atoms with E-state index < -0.39 is 10.8 Å². The number of carbonyl (C=O) groups excluding carboxylic acids is 1. The van der Waals surface area contributed by atoms with Crippen LogP contribution in [-0.2, 0) is 28.9 Å². The van der Waals surface area contributed by atoms with Gasteiger partial charge in [-0.15, -0.1) is 11.3 Å². The lowest BCUT2D eigenvalue weighted by Gasteiger charge is -2.24. The van der Waals surface area contributed by atoms with E-state index in [0.29, 0.717) is 16.4 Å². The van der Waals surface area contributed by atoms with Gasteiger partial charge in [-0.25, -0.2) is 9.55 Å². The summed E-state index contributed by atoms with van der Waals surface area (Å²) < 4.78 is 7.13. The number of thiophene rings is 1. The van der Waals surface area contributed by atoms with Crippen molar-refractivity contribution in [3.8, 4) is 6.07 Å². The van der Waals surface area contributed by atoms with Gasteiger partial charge in [0.25, 0.3) is 5.91 Å². The van der Waals surface area contributed by atoms with Gasteiger partial charge in [-0.2, -0.15) is 5.26 Å². The van der Waals surface area contributed by atoms with E-state index in [4.69, 9.17) is 4.74 Å². The minimum Gasteiger partial charge on any atom is -0.375 e. The van der Waals surface area contributed by atoms with E-state index in [1.165, 1.54) is 15.9 Å². The molecule has 148 valence electrons. The van der Waals surface area contributed by atoms with Crippen molar-refractivity contribution in [3.63, 3.8) is 0 Å². The van der Waals surface area contributed by atoms with Crippen molar-refractivity contribution in [2.24, 2.45) is 0 Å². The standard InChI is InChI=1S/C18H21N5O4S/c1-10(2)27-12-4-5-13-14(7-19)18(28-15(13)6-12)21-16(24)9-22-11(3)20-8-17(22)23(25)26/h8,10,12H,4-6,9H2,1-3H3,(H,21,24). The van der Waals surface area contributed by atoms with Gasteiger partial charge < -0.3 is 20.2 Å². The van der Waals surface area contributed by atoms with E-state index in [2.05, 4.69) is 16.4 Å². The molecule has 1 amide bonds. The first kappa shape index (κ1) is 20.0. The van der Waals surface area contributed by atoms with Gasteiger partial charge in [-0.1, -0.05) is 0 Å². The van der Waals surface area contributed by atoms with Gasteiger partial charge in [0.2, 0.25) is 0 Å². The third-order valence-electron chi connectivity index (χ3n) is 4.57. The van der Waals surface area contributed by atoms with Gasteiger partial charge in [-0.05, 0) is 37.2 Å². The molecule has 28 heavy (non-hydrogen) atoms. The van der Waals surface area contributed by atoms with E-state index in [9.17, 15) is 20.2 Å². The Balaban J connectivity index is 1.77. The number of hydrogen-bond donors (Lipinski definition) is 1. The Morgan fingerprint density at radius 3 is 3.00 bits per heavy atom. The quantitative estimate of drug-likeness (QED) is 0.584. The second kappa shape index (κ2) is 8.08. The molecule has 0 aromatic carbocycles. The number of hydrogen-bond acceptors (Lipinski definition) is 7. The number of aryl methyl sites for hydroxylation is 1. The van der Waals surface area contributed by atoms with Gasteiger partial charge in [0.1, 0.15) is 17.3 Å². The third kappa shape index (κ3) is 4.05. The number of nitrogens with one attached hydrogen (secondary N) is 1. The highest BCUT2D eigenvalue weighted by Crippen LogP contribution is 2.38. The monoisotopic (exact) mass is 403 g/mol. The molecule has 0 bridgehead atoms. The van der Waals surface area contributed by atoms with Gasteiger partial charge >= 0.3 is 5.82 Å². The molecule has 0 fully saturated rings. The van der Waals surface area contributed by atoms with E-state index in [1.54, 1.807) is 6.92 Å². The number of aromatic nitrogens is 2. The number of nitrogens with zero attached hydrogens (tertiary/aromatic N) is 4. The van der Waals surface area contributed by atoms with Crippen molar-refractivity contribution in [1.82, 2.24) is 9.55 Å². The number of nitro groups is 1. The van der Waals surface area contributed by atoms with Crippen molar-refractivity contribution < 1.29 is 14.5 Å². The molecule has 2 aromatic heterocycles. The number of ether oxygens (including phenoxy) is 1. The highest BCUT2D eigenvalue weighted by Gasteiger charge is 2.28. The van der Waals surface area contributed by atoms with Gasteiger partial charge in [0.05, 0.1) is 17.8 Å². The Bertz CT molecular complexity index is 956. The number of anilines is 1. The molecule has 10 heteroatoms. The molecule has 1 atom stereocenters. The van der Waals surface area contributed by atoms with Crippen molar-refractivity contribution >= 4 is 28.1 Å². The molecule has 0 spiro atoms. The first-order chi connectivity index (χ1) is 13.3. The lowest BCUT2D eigenvalue weighted by atomic mass is 9.93. The summed E-state index contributed by atoms with van der Waals surface area (Å²) in [5.74, 6) is -0.303. The molecule has 9 nitrogen and oxygen atoms in total. The molecular weight excluding hydrogens is 382 g/mol. The highest BCUT2D eigenvalue weighted by atomic mass is 32.1. The predicted octanol–water partition coefficient (Wildman–Crippen LogP) is 2.95. The second-order valence-corrected chi connectivity index (χ2v) is 8.03. The Morgan fingerprint density at radius 1 is 1.61 bits per heavy atom. The zero-order valence-electron chi connectivity index (χ0n) is 15.9. The Labute approximate surface area is 166 Å². The topological polar surface area (TPSA) is 123 Å². The summed E-state index contributed by atoms with van der Waals surface area (Å²) in [6, 6.07) is 2.19. The summed E-state index contributed by atoms with van der Waals surface area (Å²) in [5.41, 5.74) is 1.45. The molecule has 0 saturated heterocycles. The molecule has 3 rings (SSSR count). The lowest BCUT2D eigenvalue weighted by Crippen LogP contribution is -2.24. The fourth-order valence-electron chi connectivity index (χ4n) is 3.37. The molecule has 0 radical (unpaired) electrons. The SMILES string of the molecule is Cc1ncc([N+](=O)[O-])n1CC(=O)Nc1sc2c(c1C#N)CCC(OC(C)C)C2. The Hall–Kier alpha value is -2.77. The smallest absolute Gasteiger partial charge is 0.343 e. The van der Waals surface area contributed by atoms with Crippen molar-refractivity contribution in [3.05, 3.63) is 38.1 Å². The molecule has 0 aliphatic heterocycles. The summed E-state index contributed by atoms with van der Waals surface area (Å²) in [7, 11) is 0. The summed E-state index contributed by atoms with van der Waals surface area (Å²) in [4.78, 5) is 27.9. The summed E-state index contributed by atoms with van der Waals surface area (Å²) >= 11 is 1.38. The molecular formula is C18H21N5O4S. The van der Waals surface area contributed by atoms with Crippen LogP contribution in [0.1, 0.15) is 42.1 Å². The van der Waals surface area contributed by atoms with Gasteiger partial charge in [-0.3, -0.25) is 4.79 Å². The van der Waals surface area contributed by atoms with Crippen molar-refractivity contribution in [2.45, 2.75) is 58.8 Å². The maximum atomic E-state index is 12.5. The van der Waals surface area contributed by atoms with Crippen LogP contribution >= 0.6 is 11.3 Å². The first-order valence-electron chi connectivity index (χ1n) is 8.96. The lowest BCUT2D eigenvalue weighted by molar-refractivity contribution is -0.392. The molecule has 0 saturated carbocycles. The predicted molar refractivity (Wildman–Crippen MR) is 103 cm³/mol. The van der Waals surface area contributed by atoms with E-state index in [1.807, 2.05) is 13.8 Å². The van der Waals surface area contributed by atoms with Crippen LogP contribution in [-0.4, -0.2) is 32.6 Å². The molecule has 1 N–H and O–H groups in total. The van der Waals surface area contributed by atoms with Crippen LogP contribution in [0.15, 0.2) is 6.20 Å². The van der Waals surface area contributed by atoms with Crippen molar-refractivity contribution in [1.29, 1.82) is 5.26 Å². The fourth-order valence-corrected chi connectivity index (χ4v) is 4.65. The molecule has 2 heterocycles. The summed E-state index contributed by atoms with van der Waals surface area (Å²) in [5, 5.41) is 23.9. The second-order valence-electron chi connectivity index (χ2n) is 6.92. The van der Waals surface area contributed by atoms with Crippen LogP contribution in [0, 0.1) is 28.4 Å². The van der Waals surface area contributed by atoms with Crippen LogP contribution in [0.3, 0.4) is 0 Å². The normalized spacial score (nSPS) is 15.9. The zero-order valence-corrected chi connectivity index (χ0v) is 16.7. The molecule has 1 aliphatic rings. The number of amides is 1. The number of nitriles is 1. The van der Waals surface area contributed by atoms with Crippen LogP contribution in [0.4, 0.5) is 10.8 Å². The van der Waals surface area contributed by atoms with Crippen LogP contribution < -0.4 is 5.32 Å². The summed E-state index contributed by atoms with van der Waals surface area (Å²) in [6.45, 7) is 5.34. The van der Waals surface area contributed by atoms with Crippen LogP contribution in [0.2, 0.25) is 0 Å². The maximum absolute atomic E-state index is 12.5. The minimum atomic E-state index is -0.577. The van der Waals surface area contributed by atoms with E-state index >= 15 is 0 Å². The highest BCUT2D eigenvalue weighted by molar-refractivity contribution is 7.16. The van der Waals surface area contributed by atoms with Crippen LogP contribution in [0.25, 0.3) is 0 Å². The third-order valence-corrected chi connectivity index (χ3v) is 5.74. The Morgan fingerprint density at radius 2 is 2.36 bits per heavy atom. The minimum absolute atomic E-state index is 0.109. The average Bonchev–Trinajstić information content (AvgIpc) is 3.14. The van der Waals surface area contributed by atoms with Gasteiger partial charge in [0, 0.05) is 18.2 Å². The number of carbonyl (C=O) groups is 1. The van der Waals surface area contributed by atoms with Crippen molar-refractivity contribution in [2.75, 3.05) is 5.32 Å². The van der Waals surface area contributed by atoms with E-state index in [-0.39, 0.29) is 24.6 Å². The maximum Gasteiger partial charge on any atom is 0.343 e. The van der Waals surface area contributed by atoms with E-state index in [0.717, 1.165) is 35.9 Å². The number of fused-ring (bicyclic) bond motifs is 1. The number of rotatable bonds is 6. The van der Waals surface area contributed by atoms with Gasteiger partial charge in [0.15, 0.2) is 12.4 Å². The number of imidazole rings is 1. The molecule has 2 aromatic rings. The first-order valence-corrected chi connectivity index (χ1v) is 9.78. The largest absolute Gasteiger partial charge is 0.375 e. The Kier molecular flexibility index (Phi) is 5.76. The molecule has 1 aliphatic carbocycles. The molecule has 1 unspecified atom stereocenters. The summed E-state index contributed by atoms with van der Waals surface area (Å²) in [6.07, 6.45) is 3.66. The van der Waals surface area contributed by atoms with Crippen LogP contribution in [0.5, 0.6) is 0 Å². The zero-order chi connectivity index (χ0) is 20.4. The fraction of sp³-hybridized carbons (Fsp3) is 0.500. The average molecular weight is 403 g/mol.